The van der Waals surface area contributed by atoms with E-state index in [1.165, 1.54) is 0 Å². The third-order valence-electron chi connectivity index (χ3n) is 2.85. The second-order valence-electron chi connectivity index (χ2n) is 5.52. The summed E-state index contributed by atoms with van der Waals surface area (Å²) in [6, 6.07) is 3.95. The fourth-order valence-electron chi connectivity index (χ4n) is 2.02. The van der Waals surface area contributed by atoms with Crippen molar-refractivity contribution >= 4 is 5.82 Å². The van der Waals surface area contributed by atoms with Crippen molar-refractivity contribution in [3.63, 3.8) is 0 Å². The van der Waals surface area contributed by atoms with Crippen LogP contribution in [-0.4, -0.2) is 10.9 Å². The number of nitrogens with two attached hydrogens (primary N) is 1. The molecule has 0 radical (unpaired) electrons. The topological polar surface area (TPSA) is 38.9 Å². The fourth-order valence-corrected chi connectivity index (χ4v) is 2.02. The largest absolute Gasteiger partial charge is 0.383 e. The minimum absolute atomic E-state index is 0.104. The summed E-state index contributed by atoms with van der Waals surface area (Å²) in [4.78, 5) is 4.01. The molecule has 0 bridgehead atoms. The van der Waals surface area contributed by atoms with Crippen molar-refractivity contribution in [2.45, 2.75) is 46.0 Å². The Balaban J connectivity index is 0.000000199. The van der Waals surface area contributed by atoms with Gasteiger partial charge in [-0.05, 0) is 29.9 Å². The smallest absolute Gasteiger partial charge is 0.248 e. The van der Waals surface area contributed by atoms with Crippen LogP contribution in [0.3, 0.4) is 0 Å². The van der Waals surface area contributed by atoms with Crippen LogP contribution in [0, 0.1) is 11.8 Å². The molecule has 2 rings (SSSR count). The average Bonchev–Trinajstić information content (AvgIpc) is 2.19. The molecule has 1 fully saturated rings. The van der Waals surface area contributed by atoms with Crippen molar-refractivity contribution in [1.82, 2.24) is 4.98 Å². The summed E-state index contributed by atoms with van der Waals surface area (Å²) < 4.78 is 23.6. The third kappa shape index (κ3) is 4.98. The Morgan fingerprint density at radius 2 is 2.06 bits per heavy atom. The van der Waals surface area contributed by atoms with Gasteiger partial charge in [0.05, 0.1) is 0 Å². The Morgan fingerprint density at radius 1 is 1.44 bits per heavy atom. The first-order valence-corrected chi connectivity index (χ1v) is 6.37. The van der Waals surface area contributed by atoms with Crippen LogP contribution in [0.5, 0.6) is 0 Å². The number of hydrogen-bond acceptors (Lipinski definition) is 2. The summed E-state index contributed by atoms with van der Waals surface area (Å²) in [5.74, 6) is -0.739. The summed E-state index contributed by atoms with van der Waals surface area (Å²) in [5.41, 5.74) is 6.81. The molecular weight excluding hydrogens is 234 g/mol. The lowest BCUT2D eigenvalue weighted by molar-refractivity contribution is -0.104. The molecule has 2 nitrogen and oxygen atoms in total. The number of pyridine rings is 1. The van der Waals surface area contributed by atoms with Gasteiger partial charge in [0, 0.05) is 19.0 Å². The van der Waals surface area contributed by atoms with Crippen LogP contribution in [0.4, 0.5) is 14.6 Å². The number of nitrogens with zero attached hydrogens (tertiary/aromatic N) is 1. The van der Waals surface area contributed by atoms with Crippen molar-refractivity contribution in [3.8, 4) is 0 Å². The highest BCUT2D eigenvalue weighted by Gasteiger charge is 2.42. The third-order valence-corrected chi connectivity index (χ3v) is 2.85. The van der Waals surface area contributed by atoms with E-state index in [1.807, 2.05) is 19.1 Å². The Labute approximate surface area is 108 Å². The van der Waals surface area contributed by atoms with E-state index in [4.69, 9.17) is 5.73 Å². The quantitative estimate of drug-likeness (QED) is 0.871. The van der Waals surface area contributed by atoms with Crippen molar-refractivity contribution < 1.29 is 8.78 Å². The molecule has 2 N–H and O–H groups in total. The zero-order valence-corrected chi connectivity index (χ0v) is 11.3. The lowest BCUT2D eigenvalue weighted by Gasteiger charge is -2.31. The predicted molar refractivity (Wildman–Crippen MR) is 70.5 cm³/mol. The number of hydrogen-bond donors (Lipinski definition) is 1. The number of aromatic nitrogens is 1. The van der Waals surface area contributed by atoms with Crippen LogP contribution in [0.25, 0.3) is 0 Å². The summed E-state index contributed by atoms with van der Waals surface area (Å²) in [5, 5.41) is 0. The maximum atomic E-state index is 11.8. The molecular formula is C14H22F2N2. The molecule has 1 saturated carbocycles. The van der Waals surface area contributed by atoms with Gasteiger partial charge in [-0.15, -0.1) is 0 Å². The van der Waals surface area contributed by atoms with E-state index in [-0.39, 0.29) is 18.8 Å². The second-order valence-corrected chi connectivity index (χ2v) is 5.52. The molecule has 0 aliphatic heterocycles. The molecule has 1 aromatic rings. The van der Waals surface area contributed by atoms with E-state index >= 15 is 0 Å². The van der Waals surface area contributed by atoms with E-state index in [9.17, 15) is 8.78 Å². The zero-order chi connectivity index (χ0) is 13.8. The summed E-state index contributed by atoms with van der Waals surface area (Å²) in [6.45, 7) is 6.19. The Bertz CT molecular complexity index is 370. The minimum atomic E-state index is -2.31. The molecule has 0 amide bonds. The molecule has 0 atom stereocenters. The molecule has 1 heterocycles. The van der Waals surface area contributed by atoms with E-state index in [1.54, 1.807) is 6.20 Å². The maximum Gasteiger partial charge on any atom is 0.248 e. The highest BCUT2D eigenvalue weighted by atomic mass is 19.3. The molecule has 1 aliphatic rings. The minimum Gasteiger partial charge on any atom is -0.383 e. The van der Waals surface area contributed by atoms with E-state index in [2.05, 4.69) is 18.8 Å². The zero-order valence-electron chi connectivity index (χ0n) is 11.3. The van der Waals surface area contributed by atoms with E-state index in [0.717, 1.165) is 12.0 Å². The Kier molecular flexibility index (Phi) is 5.05. The van der Waals surface area contributed by atoms with E-state index in [0.29, 0.717) is 11.7 Å². The number of anilines is 1. The molecule has 1 aliphatic carbocycles. The first-order valence-electron chi connectivity index (χ1n) is 6.37. The molecule has 4 heteroatoms. The standard InChI is InChI=1S/C9H14N2.C5H8F2/c1-7(2)6-8-4-3-5-11-9(8)10;1-4-2-5(6,7)3-4/h3-5,7H,6H2,1-2H3,(H2,10,11);4H,2-3H2,1H3. The molecule has 0 spiro atoms. The number of halogens is 2. The number of nitrogen functional groups attached to an aromatic ring is 1. The highest BCUT2D eigenvalue weighted by molar-refractivity contribution is 5.38. The van der Waals surface area contributed by atoms with Crippen molar-refractivity contribution in [3.05, 3.63) is 23.9 Å². The number of alkyl halides is 2. The van der Waals surface area contributed by atoms with Gasteiger partial charge < -0.3 is 5.73 Å². The molecule has 18 heavy (non-hydrogen) atoms. The summed E-state index contributed by atoms with van der Waals surface area (Å²) in [6.07, 6.45) is 2.94. The highest BCUT2D eigenvalue weighted by Crippen LogP contribution is 2.41. The molecule has 1 aromatic heterocycles. The van der Waals surface area contributed by atoms with Gasteiger partial charge in [0.25, 0.3) is 0 Å². The van der Waals surface area contributed by atoms with Crippen LogP contribution < -0.4 is 5.73 Å². The lowest BCUT2D eigenvalue weighted by Crippen LogP contribution is -2.33. The van der Waals surface area contributed by atoms with Gasteiger partial charge in [-0.25, -0.2) is 13.8 Å². The average molecular weight is 256 g/mol. The monoisotopic (exact) mass is 256 g/mol. The van der Waals surface area contributed by atoms with Gasteiger partial charge in [0.2, 0.25) is 5.92 Å². The second kappa shape index (κ2) is 6.12. The SMILES string of the molecule is CC(C)Cc1cccnc1N.CC1CC(F)(F)C1. The van der Waals surface area contributed by atoms with Crippen molar-refractivity contribution in [2.75, 3.05) is 5.73 Å². The molecule has 0 unspecified atom stereocenters. The van der Waals surface area contributed by atoms with Gasteiger partial charge in [0.1, 0.15) is 5.82 Å². The fraction of sp³-hybridized carbons (Fsp3) is 0.643. The van der Waals surface area contributed by atoms with Gasteiger partial charge in [-0.3, -0.25) is 0 Å². The first-order chi connectivity index (χ1) is 8.30. The summed E-state index contributed by atoms with van der Waals surface area (Å²) in [7, 11) is 0. The molecule has 102 valence electrons. The molecule has 0 aromatic carbocycles. The van der Waals surface area contributed by atoms with Crippen molar-refractivity contribution in [1.29, 1.82) is 0 Å². The number of rotatable bonds is 2. The van der Waals surface area contributed by atoms with Gasteiger partial charge in [0.15, 0.2) is 0 Å². The normalized spacial score (nSPS) is 17.9. The van der Waals surface area contributed by atoms with E-state index < -0.39 is 5.92 Å². The van der Waals surface area contributed by atoms with Crippen LogP contribution in [0.15, 0.2) is 18.3 Å². The van der Waals surface area contributed by atoms with Crippen LogP contribution in [-0.2, 0) is 6.42 Å². The Hall–Kier alpha value is -1.19. The first kappa shape index (κ1) is 14.9. The van der Waals surface area contributed by atoms with Crippen LogP contribution in [0.2, 0.25) is 0 Å². The van der Waals surface area contributed by atoms with Crippen LogP contribution >= 0.6 is 0 Å². The predicted octanol–water partition coefficient (Wildman–Crippen LogP) is 3.91. The lowest BCUT2D eigenvalue weighted by atomic mass is 9.83. The van der Waals surface area contributed by atoms with Gasteiger partial charge >= 0.3 is 0 Å². The molecule has 0 saturated heterocycles. The van der Waals surface area contributed by atoms with Crippen LogP contribution in [0.1, 0.15) is 39.2 Å². The summed E-state index contributed by atoms with van der Waals surface area (Å²) >= 11 is 0. The van der Waals surface area contributed by atoms with Gasteiger partial charge in [-0.1, -0.05) is 26.8 Å². The Morgan fingerprint density at radius 3 is 2.39 bits per heavy atom. The van der Waals surface area contributed by atoms with Gasteiger partial charge in [-0.2, -0.15) is 0 Å². The maximum absolute atomic E-state index is 11.8. The van der Waals surface area contributed by atoms with Crippen molar-refractivity contribution in [2.24, 2.45) is 11.8 Å².